The number of aromatic nitrogens is 2. The SMILES string of the molecule is C[C@@H]1CN(c2ccc3ncn([C@H](C)c4ccc(Cl)cc4Cl)c3c2)CCN1C(=O)[C@H]1CCCN1C(=O)OC(C)(C)C. The number of nitrogens with zero attached hydrogens (tertiary/aromatic N) is 5. The van der Waals surface area contributed by atoms with Gasteiger partial charge in [-0.05, 0) is 83.4 Å². The van der Waals surface area contributed by atoms with E-state index >= 15 is 0 Å². The average Bonchev–Trinajstić information content (AvgIpc) is 3.54. The monoisotopic (exact) mass is 585 g/mol. The molecule has 40 heavy (non-hydrogen) atoms. The largest absolute Gasteiger partial charge is 0.444 e. The van der Waals surface area contributed by atoms with Crippen LogP contribution in [0.4, 0.5) is 10.5 Å². The number of anilines is 1. The molecule has 0 saturated carbocycles. The fourth-order valence-corrected chi connectivity index (χ4v) is 6.35. The van der Waals surface area contributed by atoms with Crippen LogP contribution in [-0.4, -0.2) is 75.2 Å². The van der Waals surface area contributed by atoms with Crippen molar-refractivity contribution in [2.24, 2.45) is 0 Å². The second kappa shape index (κ2) is 11.1. The van der Waals surface area contributed by atoms with Crippen molar-refractivity contribution in [1.29, 1.82) is 0 Å². The highest BCUT2D eigenvalue weighted by Crippen LogP contribution is 2.32. The number of ether oxygens (including phenoxy) is 1. The van der Waals surface area contributed by atoms with Crippen molar-refractivity contribution < 1.29 is 14.3 Å². The Morgan fingerprint density at radius 1 is 1.05 bits per heavy atom. The van der Waals surface area contributed by atoms with Crippen LogP contribution < -0.4 is 4.90 Å². The molecular weight excluding hydrogens is 549 g/mol. The number of imidazole rings is 1. The molecule has 0 bridgehead atoms. The van der Waals surface area contributed by atoms with Crippen LogP contribution in [0.5, 0.6) is 0 Å². The minimum absolute atomic E-state index is 0.00487. The summed E-state index contributed by atoms with van der Waals surface area (Å²) in [4.78, 5) is 36.8. The van der Waals surface area contributed by atoms with Crippen molar-refractivity contribution in [2.75, 3.05) is 31.1 Å². The van der Waals surface area contributed by atoms with E-state index in [2.05, 4.69) is 40.4 Å². The van der Waals surface area contributed by atoms with E-state index in [-0.39, 0.29) is 18.0 Å². The molecule has 2 saturated heterocycles. The predicted octanol–water partition coefficient (Wildman–Crippen LogP) is 6.39. The molecule has 2 aromatic carbocycles. The number of hydrogen-bond donors (Lipinski definition) is 0. The van der Waals surface area contributed by atoms with Gasteiger partial charge < -0.3 is 19.1 Å². The van der Waals surface area contributed by atoms with Crippen molar-refractivity contribution in [2.45, 2.75) is 71.2 Å². The third-order valence-corrected chi connectivity index (χ3v) is 8.39. The van der Waals surface area contributed by atoms with Gasteiger partial charge in [0.15, 0.2) is 0 Å². The van der Waals surface area contributed by atoms with Gasteiger partial charge in [0.2, 0.25) is 5.91 Å². The molecule has 10 heteroatoms. The Morgan fingerprint density at radius 2 is 1.82 bits per heavy atom. The van der Waals surface area contributed by atoms with E-state index in [1.54, 1.807) is 11.0 Å². The van der Waals surface area contributed by atoms with Gasteiger partial charge in [-0.15, -0.1) is 0 Å². The lowest BCUT2D eigenvalue weighted by molar-refractivity contribution is -0.138. The molecule has 2 fully saturated rings. The van der Waals surface area contributed by atoms with Gasteiger partial charge >= 0.3 is 6.09 Å². The van der Waals surface area contributed by atoms with Crippen LogP contribution in [0.1, 0.15) is 59.1 Å². The Hall–Kier alpha value is -2.97. The number of hydrogen-bond acceptors (Lipinski definition) is 5. The number of fused-ring (bicyclic) bond motifs is 1. The molecule has 3 aromatic rings. The molecule has 8 nitrogen and oxygen atoms in total. The van der Waals surface area contributed by atoms with Gasteiger partial charge in [-0.1, -0.05) is 29.3 Å². The molecule has 3 atom stereocenters. The molecule has 0 aliphatic carbocycles. The van der Waals surface area contributed by atoms with Gasteiger partial charge in [0.25, 0.3) is 0 Å². The highest BCUT2D eigenvalue weighted by Gasteiger charge is 2.40. The predicted molar refractivity (Wildman–Crippen MR) is 159 cm³/mol. The average molecular weight is 587 g/mol. The number of amides is 2. The number of rotatable bonds is 4. The maximum absolute atomic E-state index is 13.6. The molecule has 2 aliphatic heterocycles. The van der Waals surface area contributed by atoms with Crippen molar-refractivity contribution in [3.63, 3.8) is 0 Å². The Kier molecular flexibility index (Phi) is 7.94. The van der Waals surface area contributed by atoms with Gasteiger partial charge in [0.1, 0.15) is 11.6 Å². The Balaban J connectivity index is 1.30. The molecule has 1 aromatic heterocycles. The van der Waals surface area contributed by atoms with Gasteiger partial charge in [-0.3, -0.25) is 9.69 Å². The molecule has 2 aliphatic rings. The van der Waals surface area contributed by atoms with E-state index in [0.29, 0.717) is 42.6 Å². The Bertz CT molecular complexity index is 1420. The van der Waals surface area contributed by atoms with E-state index in [4.69, 9.17) is 27.9 Å². The van der Waals surface area contributed by atoms with Crippen molar-refractivity contribution >= 4 is 51.9 Å². The zero-order chi connectivity index (χ0) is 28.8. The number of benzene rings is 2. The van der Waals surface area contributed by atoms with Crippen LogP contribution in [-0.2, 0) is 9.53 Å². The zero-order valence-electron chi connectivity index (χ0n) is 23.7. The lowest BCUT2D eigenvalue weighted by Gasteiger charge is -2.42. The Labute approximate surface area is 245 Å². The molecule has 0 unspecified atom stereocenters. The van der Waals surface area contributed by atoms with E-state index in [9.17, 15) is 9.59 Å². The summed E-state index contributed by atoms with van der Waals surface area (Å²) in [7, 11) is 0. The number of carbonyl (C=O) groups excluding carboxylic acids is 2. The minimum atomic E-state index is -0.596. The molecule has 0 radical (unpaired) electrons. The maximum Gasteiger partial charge on any atom is 0.410 e. The van der Waals surface area contributed by atoms with E-state index in [1.165, 1.54) is 0 Å². The first-order valence-corrected chi connectivity index (χ1v) is 14.6. The summed E-state index contributed by atoms with van der Waals surface area (Å²) in [6.45, 7) is 12.2. The van der Waals surface area contributed by atoms with Gasteiger partial charge in [-0.2, -0.15) is 0 Å². The van der Waals surface area contributed by atoms with Crippen LogP contribution >= 0.6 is 23.2 Å². The fraction of sp³-hybridized carbons (Fsp3) is 0.500. The van der Waals surface area contributed by atoms with Crippen molar-refractivity contribution in [1.82, 2.24) is 19.4 Å². The first-order chi connectivity index (χ1) is 18.9. The minimum Gasteiger partial charge on any atom is -0.444 e. The van der Waals surface area contributed by atoms with Gasteiger partial charge in [0, 0.05) is 48.0 Å². The highest BCUT2D eigenvalue weighted by atomic mass is 35.5. The number of halogens is 2. The molecule has 0 spiro atoms. The summed E-state index contributed by atoms with van der Waals surface area (Å²) in [6.07, 6.45) is 2.91. The first kappa shape index (κ1) is 28.6. The lowest BCUT2D eigenvalue weighted by atomic mass is 10.1. The summed E-state index contributed by atoms with van der Waals surface area (Å²) in [5, 5.41) is 1.23. The van der Waals surface area contributed by atoms with Crippen molar-refractivity contribution in [3.05, 3.63) is 58.3 Å². The third kappa shape index (κ3) is 5.75. The van der Waals surface area contributed by atoms with Crippen LogP contribution in [0.15, 0.2) is 42.7 Å². The topological polar surface area (TPSA) is 70.9 Å². The summed E-state index contributed by atoms with van der Waals surface area (Å²) in [5.74, 6) is 0.0118. The Morgan fingerprint density at radius 3 is 2.52 bits per heavy atom. The second-order valence-electron chi connectivity index (χ2n) is 11.8. The quantitative estimate of drug-likeness (QED) is 0.355. The molecule has 5 rings (SSSR count). The highest BCUT2D eigenvalue weighted by molar-refractivity contribution is 6.35. The molecule has 2 amide bonds. The first-order valence-electron chi connectivity index (χ1n) is 13.9. The third-order valence-electron chi connectivity index (χ3n) is 7.83. The van der Waals surface area contributed by atoms with Gasteiger partial charge in [0.05, 0.1) is 23.4 Å². The number of likely N-dealkylation sites (tertiary alicyclic amines) is 1. The number of piperazine rings is 1. The molecule has 3 heterocycles. The van der Waals surface area contributed by atoms with Gasteiger partial charge in [-0.25, -0.2) is 9.78 Å². The zero-order valence-corrected chi connectivity index (χ0v) is 25.2. The van der Waals surface area contributed by atoms with E-state index in [0.717, 1.165) is 28.7 Å². The molecular formula is C30H37Cl2N5O3. The summed E-state index contributed by atoms with van der Waals surface area (Å²) >= 11 is 12.6. The molecule has 214 valence electrons. The summed E-state index contributed by atoms with van der Waals surface area (Å²) in [6, 6.07) is 11.4. The van der Waals surface area contributed by atoms with Crippen LogP contribution in [0.25, 0.3) is 11.0 Å². The summed E-state index contributed by atoms with van der Waals surface area (Å²) < 4.78 is 7.70. The van der Waals surface area contributed by atoms with Crippen LogP contribution in [0.2, 0.25) is 10.0 Å². The van der Waals surface area contributed by atoms with Crippen LogP contribution in [0.3, 0.4) is 0 Å². The standard InChI is InChI=1S/C30H37Cl2N5O3/c1-19-17-34(13-14-35(19)28(38)26-7-6-12-36(26)29(39)40-30(3,4)5)22-9-11-25-27(16-22)37(18-33-25)20(2)23-10-8-21(31)15-24(23)32/h8-11,15-16,18-20,26H,6-7,12-14,17H2,1-5H3/t19-,20-,26-/m1/s1. The fourth-order valence-electron chi connectivity index (χ4n) is 5.78. The maximum atomic E-state index is 13.6. The smallest absolute Gasteiger partial charge is 0.410 e. The summed E-state index contributed by atoms with van der Waals surface area (Å²) in [5.41, 5.74) is 3.39. The van der Waals surface area contributed by atoms with E-state index < -0.39 is 17.7 Å². The molecule has 0 N–H and O–H groups in total. The van der Waals surface area contributed by atoms with E-state index in [1.807, 2.05) is 50.2 Å². The second-order valence-corrected chi connectivity index (χ2v) is 12.7. The van der Waals surface area contributed by atoms with Crippen molar-refractivity contribution in [3.8, 4) is 0 Å². The number of carbonyl (C=O) groups is 2. The lowest BCUT2D eigenvalue weighted by Crippen LogP contribution is -2.58. The van der Waals surface area contributed by atoms with Crippen LogP contribution in [0, 0.1) is 0 Å². The normalized spacial score (nSPS) is 20.7.